The van der Waals surface area contributed by atoms with E-state index in [2.05, 4.69) is 4.98 Å². The molecule has 0 saturated carbocycles. The van der Waals surface area contributed by atoms with Crippen LogP contribution in [0.15, 0.2) is 15.8 Å². The smallest absolute Gasteiger partial charge is 0.330 e. The standard InChI is InChI=1S/C15H23N3O6/c1-7(2)12(16)14(21)23-6-10-9(19)4-11(24-10)18-5-8(3)13(20)17-15(18)22/h5,7,9-12,19H,4,6,16H2,1-3H3,(H,17,20,22)/t9?,10-,11-,12-/m0/s1. The second kappa shape index (κ2) is 7.29. The van der Waals surface area contributed by atoms with E-state index in [0.29, 0.717) is 5.56 Å². The number of rotatable bonds is 5. The molecule has 0 radical (unpaired) electrons. The molecule has 2 rings (SSSR count). The quantitative estimate of drug-likeness (QED) is 0.585. The number of nitrogens with zero attached hydrogens (tertiary/aromatic N) is 1. The van der Waals surface area contributed by atoms with E-state index >= 15 is 0 Å². The van der Waals surface area contributed by atoms with Gasteiger partial charge in [-0.1, -0.05) is 13.8 Å². The molecule has 1 aromatic rings. The molecule has 0 spiro atoms. The Hall–Kier alpha value is -1.97. The van der Waals surface area contributed by atoms with Crippen LogP contribution in [0.4, 0.5) is 0 Å². The van der Waals surface area contributed by atoms with E-state index in [1.807, 2.05) is 0 Å². The molecule has 2 heterocycles. The molecule has 1 aliphatic rings. The van der Waals surface area contributed by atoms with Crippen molar-refractivity contribution in [2.75, 3.05) is 6.61 Å². The van der Waals surface area contributed by atoms with E-state index in [4.69, 9.17) is 15.2 Å². The zero-order chi connectivity index (χ0) is 18.0. The summed E-state index contributed by atoms with van der Waals surface area (Å²) in [5, 5.41) is 10.1. The van der Waals surface area contributed by atoms with Gasteiger partial charge in [-0.2, -0.15) is 0 Å². The number of ether oxygens (including phenoxy) is 2. The van der Waals surface area contributed by atoms with E-state index < -0.39 is 41.7 Å². The summed E-state index contributed by atoms with van der Waals surface area (Å²) in [4.78, 5) is 37.2. The highest BCUT2D eigenvalue weighted by atomic mass is 16.6. The molecule has 24 heavy (non-hydrogen) atoms. The van der Waals surface area contributed by atoms with Crippen LogP contribution in [0.2, 0.25) is 0 Å². The molecule has 0 bridgehead atoms. The Morgan fingerprint density at radius 3 is 2.83 bits per heavy atom. The van der Waals surface area contributed by atoms with Crippen LogP contribution in [0, 0.1) is 12.8 Å². The SMILES string of the molecule is Cc1cn([C@@H]2CC(O)[C@H](COC(=O)[C@@H](N)C(C)C)O2)c(=O)[nH]c1=O. The molecule has 4 N–H and O–H groups in total. The monoisotopic (exact) mass is 341 g/mol. The normalized spacial score (nSPS) is 25.0. The van der Waals surface area contributed by atoms with Crippen molar-refractivity contribution in [3.8, 4) is 0 Å². The molecule has 0 amide bonds. The molecule has 0 aliphatic carbocycles. The Kier molecular flexibility index (Phi) is 5.58. The van der Waals surface area contributed by atoms with E-state index in [9.17, 15) is 19.5 Å². The van der Waals surface area contributed by atoms with Crippen molar-refractivity contribution in [1.82, 2.24) is 9.55 Å². The fourth-order valence-corrected chi connectivity index (χ4v) is 2.37. The number of aliphatic hydroxyl groups is 1. The number of hydrogen-bond donors (Lipinski definition) is 3. The largest absolute Gasteiger partial charge is 0.462 e. The number of H-pyrrole nitrogens is 1. The third kappa shape index (κ3) is 3.92. The predicted octanol–water partition coefficient (Wildman–Crippen LogP) is -0.980. The number of carbonyl (C=O) groups is 1. The second-order valence-electron chi connectivity index (χ2n) is 6.31. The van der Waals surface area contributed by atoms with Crippen LogP contribution >= 0.6 is 0 Å². The minimum Gasteiger partial charge on any atom is -0.462 e. The van der Waals surface area contributed by atoms with Gasteiger partial charge in [-0.3, -0.25) is 19.1 Å². The fourth-order valence-electron chi connectivity index (χ4n) is 2.37. The maximum Gasteiger partial charge on any atom is 0.330 e. The number of aromatic amines is 1. The van der Waals surface area contributed by atoms with Gasteiger partial charge in [0, 0.05) is 18.2 Å². The van der Waals surface area contributed by atoms with E-state index in [1.165, 1.54) is 10.8 Å². The lowest BCUT2D eigenvalue weighted by molar-refractivity contribution is -0.152. The van der Waals surface area contributed by atoms with Gasteiger partial charge in [0.15, 0.2) is 0 Å². The maximum atomic E-state index is 11.9. The molecule has 9 heteroatoms. The molecule has 1 unspecified atom stereocenters. The Labute approximate surface area is 138 Å². The first-order valence-electron chi connectivity index (χ1n) is 7.78. The molecule has 1 aliphatic heterocycles. The summed E-state index contributed by atoms with van der Waals surface area (Å²) in [5.74, 6) is -0.635. The number of nitrogens with one attached hydrogen (secondary N) is 1. The molecular weight excluding hydrogens is 318 g/mol. The lowest BCUT2D eigenvalue weighted by Crippen LogP contribution is -2.39. The maximum absolute atomic E-state index is 11.9. The third-order valence-electron chi connectivity index (χ3n) is 4.04. The van der Waals surface area contributed by atoms with Crippen molar-refractivity contribution in [1.29, 1.82) is 0 Å². The van der Waals surface area contributed by atoms with Crippen LogP contribution in [0.1, 0.15) is 32.1 Å². The highest BCUT2D eigenvalue weighted by Gasteiger charge is 2.36. The molecule has 134 valence electrons. The van der Waals surface area contributed by atoms with Crippen LogP contribution in [-0.4, -0.2) is 45.5 Å². The minimum atomic E-state index is -0.905. The topological polar surface area (TPSA) is 137 Å². The number of aryl methyl sites for hydroxylation is 1. The van der Waals surface area contributed by atoms with Crippen LogP contribution in [0.3, 0.4) is 0 Å². The fraction of sp³-hybridized carbons (Fsp3) is 0.667. The molecular formula is C15H23N3O6. The van der Waals surface area contributed by atoms with E-state index in [0.717, 1.165) is 0 Å². The Morgan fingerprint density at radius 2 is 2.21 bits per heavy atom. The van der Waals surface area contributed by atoms with Gasteiger partial charge in [0.2, 0.25) is 0 Å². The highest BCUT2D eigenvalue weighted by molar-refractivity contribution is 5.75. The van der Waals surface area contributed by atoms with Crippen LogP contribution < -0.4 is 17.0 Å². The molecule has 1 aromatic heterocycles. The predicted molar refractivity (Wildman–Crippen MR) is 84.4 cm³/mol. The van der Waals surface area contributed by atoms with Crippen LogP contribution in [-0.2, 0) is 14.3 Å². The van der Waals surface area contributed by atoms with Gasteiger partial charge < -0.3 is 20.3 Å². The summed E-state index contributed by atoms with van der Waals surface area (Å²) in [6.07, 6.45) is -0.897. The average molecular weight is 341 g/mol. The van der Waals surface area contributed by atoms with Gasteiger partial charge in [-0.25, -0.2) is 4.79 Å². The van der Waals surface area contributed by atoms with Gasteiger partial charge in [-0.05, 0) is 12.8 Å². The number of aromatic nitrogens is 2. The van der Waals surface area contributed by atoms with Crippen molar-refractivity contribution in [3.63, 3.8) is 0 Å². The number of aliphatic hydroxyl groups excluding tert-OH is 1. The number of carbonyl (C=O) groups excluding carboxylic acids is 1. The Bertz CT molecular complexity index is 710. The van der Waals surface area contributed by atoms with Crippen LogP contribution in [0.25, 0.3) is 0 Å². The van der Waals surface area contributed by atoms with Gasteiger partial charge >= 0.3 is 11.7 Å². The van der Waals surface area contributed by atoms with Gasteiger partial charge in [-0.15, -0.1) is 0 Å². The van der Waals surface area contributed by atoms with E-state index in [1.54, 1.807) is 20.8 Å². The van der Waals surface area contributed by atoms with Crippen molar-refractivity contribution in [2.24, 2.45) is 11.7 Å². The van der Waals surface area contributed by atoms with E-state index in [-0.39, 0.29) is 18.9 Å². The molecule has 0 aromatic carbocycles. The number of hydrogen-bond acceptors (Lipinski definition) is 7. The summed E-state index contributed by atoms with van der Waals surface area (Å²) in [6.45, 7) is 5.00. The van der Waals surface area contributed by atoms with Gasteiger partial charge in [0.1, 0.15) is 25.0 Å². The molecule has 9 nitrogen and oxygen atoms in total. The zero-order valence-electron chi connectivity index (χ0n) is 13.9. The summed E-state index contributed by atoms with van der Waals surface area (Å²) < 4.78 is 11.9. The first kappa shape index (κ1) is 18.4. The summed E-state index contributed by atoms with van der Waals surface area (Å²) in [5.41, 5.74) is 4.95. The summed E-state index contributed by atoms with van der Waals surface area (Å²) in [6, 6.07) is -0.746. The molecule has 1 saturated heterocycles. The Morgan fingerprint density at radius 1 is 1.54 bits per heavy atom. The number of esters is 1. The van der Waals surface area contributed by atoms with Crippen molar-refractivity contribution in [2.45, 2.75) is 51.7 Å². The third-order valence-corrected chi connectivity index (χ3v) is 4.04. The molecule has 4 atom stereocenters. The summed E-state index contributed by atoms with van der Waals surface area (Å²) >= 11 is 0. The van der Waals surface area contributed by atoms with Gasteiger partial charge in [0.05, 0.1) is 6.10 Å². The first-order chi connectivity index (χ1) is 11.2. The zero-order valence-corrected chi connectivity index (χ0v) is 13.9. The van der Waals surface area contributed by atoms with Crippen LogP contribution in [0.5, 0.6) is 0 Å². The number of nitrogens with two attached hydrogens (primary N) is 1. The lowest BCUT2D eigenvalue weighted by atomic mass is 10.1. The first-order valence-corrected chi connectivity index (χ1v) is 7.78. The summed E-state index contributed by atoms with van der Waals surface area (Å²) in [7, 11) is 0. The van der Waals surface area contributed by atoms with Crippen molar-refractivity contribution in [3.05, 3.63) is 32.6 Å². The van der Waals surface area contributed by atoms with Gasteiger partial charge in [0.25, 0.3) is 5.56 Å². The Balaban J connectivity index is 2.02. The van der Waals surface area contributed by atoms with Crippen molar-refractivity contribution >= 4 is 5.97 Å². The molecule has 1 fully saturated rings. The lowest BCUT2D eigenvalue weighted by Gasteiger charge is -2.19. The minimum absolute atomic E-state index is 0.0673. The highest BCUT2D eigenvalue weighted by Crippen LogP contribution is 2.27. The average Bonchev–Trinajstić information content (AvgIpc) is 2.88. The second-order valence-corrected chi connectivity index (χ2v) is 6.31. The van der Waals surface area contributed by atoms with Crippen molar-refractivity contribution < 1.29 is 19.4 Å².